The summed E-state index contributed by atoms with van der Waals surface area (Å²) in [4.78, 5) is 20.1. The molecule has 1 fully saturated rings. The van der Waals surface area contributed by atoms with Gasteiger partial charge in [-0.1, -0.05) is 12.1 Å². The molecule has 0 saturated carbocycles. The van der Waals surface area contributed by atoms with E-state index in [0.717, 1.165) is 38.4 Å². The Kier molecular flexibility index (Phi) is 6.90. The second-order valence-corrected chi connectivity index (χ2v) is 4.65. The van der Waals surface area contributed by atoms with E-state index in [4.69, 9.17) is 4.52 Å². The van der Waals surface area contributed by atoms with E-state index in [1.165, 1.54) is 0 Å². The molecule has 0 aromatic carbocycles. The van der Waals surface area contributed by atoms with Crippen LogP contribution >= 0.6 is 12.4 Å². The van der Waals surface area contributed by atoms with Crippen molar-refractivity contribution in [2.75, 3.05) is 39.8 Å². The molecule has 2 heterocycles. The van der Waals surface area contributed by atoms with Gasteiger partial charge in [0.2, 0.25) is 11.8 Å². The first-order valence-corrected chi connectivity index (χ1v) is 6.69. The standard InChI is InChI=1S/C12H21N5O2.ClH/c1-3-11-14-10(15-19-11)9-16-4-6-17(7-5-16)12(18)8-13-2;/h13H,3-9H2,1-2H3;1H. The maximum absolute atomic E-state index is 11.7. The number of rotatable bonds is 5. The summed E-state index contributed by atoms with van der Waals surface area (Å²) >= 11 is 0. The van der Waals surface area contributed by atoms with Crippen LogP contribution in [0.5, 0.6) is 0 Å². The predicted molar refractivity (Wildman–Crippen MR) is 76.7 cm³/mol. The molecule has 1 aliphatic heterocycles. The molecule has 1 amide bonds. The molecule has 0 unspecified atom stereocenters. The molecule has 20 heavy (non-hydrogen) atoms. The van der Waals surface area contributed by atoms with Crippen LogP contribution in [-0.4, -0.2) is 65.6 Å². The summed E-state index contributed by atoms with van der Waals surface area (Å²) in [5, 5.41) is 6.83. The first-order valence-electron chi connectivity index (χ1n) is 6.69. The summed E-state index contributed by atoms with van der Waals surface area (Å²) in [7, 11) is 1.79. The van der Waals surface area contributed by atoms with Gasteiger partial charge >= 0.3 is 0 Å². The normalized spacial score (nSPS) is 16.0. The van der Waals surface area contributed by atoms with Crippen LogP contribution in [0.3, 0.4) is 0 Å². The minimum atomic E-state index is 0. The first-order chi connectivity index (χ1) is 9.22. The van der Waals surface area contributed by atoms with Crippen molar-refractivity contribution < 1.29 is 9.32 Å². The lowest BCUT2D eigenvalue weighted by Crippen LogP contribution is -2.50. The molecule has 1 saturated heterocycles. The molecule has 0 spiro atoms. The molecule has 0 bridgehead atoms. The summed E-state index contributed by atoms with van der Waals surface area (Å²) in [6.45, 7) is 6.32. The Morgan fingerprint density at radius 3 is 2.60 bits per heavy atom. The summed E-state index contributed by atoms with van der Waals surface area (Å²) in [5.41, 5.74) is 0. The average Bonchev–Trinajstić information content (AvgIpc) is 2.87. The van der Waals surface area contributed by atoms with Crippen molar-refractivity contribution in [2.24, 2.45) is 0 Å². The zero-order chi connectivity index (χ0) is 13.7. The number of nitrogens with zero attached hydrogens (tertiary/aromatic N) is 4. The lowest BCUT2D eigenvalue weighted by Gasteiger charge is -2.34. The van der Waals surface area contributed by atoms with Crippen molar-refractivity contribution in [3.05, 3.63) is 11.7 Å². The second-order valence-electron chi connectivity index (χ2n) is 4.65. The summed E-state index contributed by atoms with van der Waals surface area (Å²) < 4.78 is 5.09. The van der Waals surface area contributed by atoms with E-state index >= 15 is 0 Å². The van der Waals surface area contributed by atoms with Crippen LogP contribution < -0.4 is 5.32 Å². The lowest BCUT2D eigenvalue weighted by molar-refractivity contribution is -0.131. The highest BCUT2D eigenvalue weighted by atomic mass is 35.5. The SMILES string of the molecule is CCc1nc(CN2CCN(C(=O)CNC)CC2)no1.Cl. The Bertz CT molecular complexity index is 418. The number of hydrogen-bond acceptors (Lipinski definition) is 6. The lowest BCUT2D eigenvalue weighted by atomic mass is 10.3. The van der Waals surface area contributed by atoms with Crippen molar-refractivity contribution in [3.63, 3.8) is 0 Å². The predicted octanol–water partition coefficient (Wildman–Crippen LogP) is -0.0826. The third-order valence-electron chi connectivity index (χ3n) is 3.23. The van der Waals surface area contributed by atoms with Crippen LogP contribution in [0.4, 0.5) is 0 Å². The minimum absolute atomic E-state index is 0. The Morgan fingerprint density at radius 1 is 1.35 bits per heavy atom. The number of likely N-dealkylation sites (N-methyl/N-ethyl adjacent to an activating group) is 1. The van der Waals surface area contributed by atoms with Crippen molar-refractivity contribution in [1.29, 1.82) is 0 Å². The monoisotopic (exact) mass is 303 g/mol. The maximum atomic E-state index is 11.7. The van der Waals surface area contributed by atoms with E-state index in [0.29, 0.717) is 19.0 Å². The highest BCUT2D eigenvalue weighted by molar-refractivity contribution is 5.85. The van der Waals surface area contributed by atoms with Crippen LogP contribution in [0, 0.1) is 0 Å². The number of carbonyl (C=O) groups excluding carboxylic acids is 1. The van der Waals surface area contributed by atoms with Gasteiger partial charge in [0.05, 0.1) is 13.1 Å². The fraction of sp³-hybridized carbons (Fsp3) is 0.750. The van der Waals surface area contributed by atoms with Gasteiger partial charge in [-0.15, -0.1) is 12.4 Å². The van der Waals surface area contributed by atoms with Crippen LogP contribution in [0.2, 0.25) is 0 Å². The smallest absolute Gasteiger partial charge is 0.236 e. The van der Waals surface area contributed by atoms with Gasteiger partial charge < -0.3 is 14.7 Å². The van der Waals surface area contributed by atoms with Gasteiger partial charge in [0, 0.05) is 32.6 Å². The zero-order valence-corrected chi connectivity index (χ0v) is 12.8. The molecular formula is C12H22ClN5O2. The Labute approximate surface area is 125 Å². The highest BCUT2D eigenvalue weighted by Crippen LogP contribution is 2.07. The Hall–Kier alpha value is -1.18. The minimum Gasteiger partial charge on any atom is -0.339 e. The highest BCUT2D eigenvalue weighted by Gasteiger charge is 2.21. The summed E-state index contributed by atoms with van der Waals surface area (Å²) in [6, 6.07) is 0. The van der Waals surface area contributed by atoms with Gasteiger partial charge in [-0.05, 0) is 7.05 Å². The zero-order valence-electron chi connectivity index (χ0n) is 12.0. The summed E-state index contributed by atoms with van der Waals surface area (Å²) in [5.74, 6) is 1.57. The molecular weight excluding hydrogens is 282 g/mol. The first kappa shape index (κ1) is 16.9. The quantitative estimate of drug-likeness (QED) is 0.820. The number of piperazine rings is 1. The molecule has 1 aromatic rings. The molecule has 1 aliphatic rings. The largest absolute Gasteiger partial charge is 0.339 e. The molecule has 0 atom stereocenters. The topological polar surface area (TPSA) is 74.5 Å². The van der Waals surface area contributed by atoms with Gasteiger partial charge in [0.15, 0.2) is 5.82 Å². The summed E-state index contributed by atoms with van der Waals surface area (Å²) in [6.07, 6.45) is 0.763. The average molecular weight is 304 g/mol. The molecule has 8 heteroatoms. The molecule has 1 aromatic heterocycles. The Balaban J connectivity index is 0.00000200. The van der Waals surface area contributed by atoms with E-state index in [1.807, 2.05) is 11.8 Å². The van der Waals surface area contributed by atoms with Crippen molar-refractivity contribution in [1.82, 2.24) is 25.3 Å². The number of hydrogen-bond donors (Lipinski definition) is 1. The third-order valence-corrected chi connectivity index (χ3v) is 3.23. The number of nitrogens with one attached hydrogen (secondary N) is 1. The molecule has 2 rings (SSSR count). The van der Waals surface area contributed by atoms with Crippen molar-refractivity contribution in [3.8, 4) is 0 Å². The van der Waals surface area contributed by atoms with Gasteiger partial charge in [0.25, 0.3) is 0 Å². The molecule has 7 nitrogen and oxygen atoms in total. The maximum Gasteiger partial charge on any atom is 0.236 e. The molecule has 0 aliphatic carbocycles. The van der Waals surface area contributed by atoms with Crippen molar-refractivity contribution in [2.45, 2.75) is 19.9 Å². The van der Waals surface area contributed by atoms with Crippen LogP contribution in [0.1, 0.15) is 18.6 Å². The van der Waals surface area contributed by atoms with Crippen LogP contribution in [-0.2, 0) is 17.8 Å². The van der Waals surface area contributed by atoms with E-state index in [1.54, 1.807) is 7.05 Å². The number of aromatic nitrogens is 2. The van der Waals surface area contributed by atoms with E-state index in [2.05, 4.69) is 20.4 Å². The number of aryl methyl sites for hydroxylation is 1. The van der Waals surface area contributed by atoms with E-state index in [-0.39, 0.29) is 18.3 Å². The molecule has 0 radical (unpaired) electrons. The number of carbonyl (C=O) groups is 1. The molecule has 1 N–H and O–H groups in total. The van der Waals surface area contributed by atoms with E-state index < -0.39 is 0 Å². The van der Waals surface area contributed by atoms with Gasteiger partial charge in [-0.25, -0.2) is 0 Å². The van der Waals surface area contributed by atoms with Gasteiger partial charge in [-0.2, -0.15) is 4.98 Å². The van der Waals surface area contributed by atoms with Crippen LogP contribution in [0.25, 0.3) is 0 Å². The van der Waals surface area contributed by atoms with Crippen LogP contribution in [0.15, 0.2) is 4.52 Å². The van der Waals surface area contributed by atoms with Gasteiger partial charge in [-0.3, -0.25) is 9.69 Å². The third kappa shape index (κ3) is 4.43. The second kappa shape index (κ2) is 8.18. The fourth-order valence-electron chi connectivity index (χ4n) is 2.12. The van der Waals surface area contributed by atoms with Crippen molar-refractivity contribution >= 4 is 18.3 Å². The number of halogens is 1. The van der Waals surface area contributed by atoms with Gasteiger partial charge in [0.1, 0.15) is 0 Å². The number of amides is 1. The molecule has 114 valence electrons. The van der Waals surface area contributed by atoms with E-state index in [9.17, 15) is 4.79 Å². The Morgan fingerprint density at radius 2 is 2.05 bits per heavy atom. The fourth-order valence-corrected chi connectivity index (χ4v) is 2.12.